The van der Waals surface area contributed by atoms with Crippen molar-refractivity contribution in [2.45, 2.75) is 31.4 Å². The summed E-state index contributed by atoms with van der Waals surface area (Å²) in [6.45, 7) is 1.22. The quantitative estimate of drug-likeness (QED) is 0.918. The predicted molar refractivity (Wildman–Crippen MR) is 75.6 cm³/mol. The van der Waals surface area contributed by atoms with Gasteiger partial charge in [-0.05, 0) is 18.4 Å². The first kappa shape index (κ1) is 14.1. The average Bonchev–Trinajstić information content (AvgIpc) is 3.09. The van der Waals surface area contributed by atoms with Crippen molar-refractivity contribution in [3.63, 3.8) is 0 Å². The van der Waals surface area contributed by atoms with Gasteiger partial charge < -0.3 is 14.7 Å². The Bertz CT molecular complexity index is 524. The first-order valence-electron chi connectivity index (χ1n) is 7.35. The molecule has 21 heavy (non-hydrogen) atoms. The molecule has 1 amide bonds. The van der Waals surface area contributed by atoms with Crippen LogP contribution < -0.4 is 0 Å². The summed E-state index contributed by atoms with van der Waals surface area (Å²) in [4.78, 5) is 25.5. The summed E-state index contributed by atoms with van der Waals surface area (Å²) in [6, 6.07) is 9.03. The van der Waals surface area contributed by atoms with Gasteiger partial charge in [-0.15, -0.1) is 0 Å². The molecule has 0 aromatic heterocycles. The van der Waals surface area contributed by atoms with Crippen molar-refractivity contribution in [2.75, 3.05) is 13.2 Å². The van der Waals surface area contributed by atoms with Crippen LogP contribution in [0.3, 0.4) is 0 Å². The fourth-order valence-electron chi connectivity index (χ4n) is 3.30. The van der Waals surface area contributed by atoms with E-state index in [0.717, 1.165) is 25.0 Å². The second kappa shape index (κ2) is 5.85. The minimum Gasteiger partial charge on any atom is -0.481 e. The van der Waals surface area contributed by atoms with Gasteiger partial charge in [0.15, 0.2) is 0 Å². The maximum Gasteiger partial charge on any atom is 0.309 e. The van der Waals surface area contributed by atoms with Crippen LogP contribution in [0.1, 0.15) is 30.9 Å². The highest BCUT2D eigenvalue weighted by atomic mass is 16.5. The number of benzene rings is 1. The van der Waals surface area contributed by atoms with E-state index in [1.807, 2.05) is 30.3 Å². The number of amides is 1. The molecule has 0 spiro atoms. The van der Waals surface area contributed by atoms with Crippen LogP contribution in [-0.2, 0) is 14.3 Å². The zero-order valence-corrected chi connectivity index (χ0v) is 11.8. The largest absolute Gasteiger partial charge is 0.481 e. The van der Waals surface area contributed by atoms with Gasteiger partial charge in [0.2, 0.25) is 5.91 Å². The monoisotopic (exact) mass is 289 g/mol. The van der Waals surface area contributed by atoms with Gasteiger partial charge in [-0.2, -0.15) is 0 Å². The second-order valence-corrected chi connectivity index (χ2v) is 5.69. The number of ether oxygens (including phenoxy) is 1. The molecule has 112 valence electrons. The summed E-state index contributed by atoms with van der Waals surface area (Å²) >= 11 is 0. The van der Waals surface area contributed by atoms with Crippen molar-refractivity contribution >= 4 is 11.9 Å². The number of rotatable bonds is 4. The molecule has 2 fully saturated rings. The minimum atomic E-state index is -0.910. The van der Waals surface area contributed by atoms with Gasteiger partial charge in [0.25, 0.3) is 0 Å². The summed E-state index contributed by atoms with van der Waals surface area (Å²) in [5.74, 6) is -1.68. The second-order valence-electron chi connectivity index (χ2n) is 5.69. The molecule has 0 unspecified atom stereocenters. The number of hydrogen-bond donors (Lipinski definition) is 1. The molecule has 0 saturated carbocycles. The molecule has 2 saturated heterocycles. The van der Waals surface area contributed by atoms with Crippen LogP contribution in [0.15, 0.2) is 30.3 Å². The highest BCUT2D eigenvalue weighted by molar-refractivity contribution is 5.87. The number of carboxylic acid groups (broad SMARTS) is 1. The van der Waals surface area contributed by atoms with Gasteiger partial charge in [-0.3, -0.25) is 9.59 Å². The van der Waals surface area contributed by atoms with Crippen molar-refractivity contribution in [1.82, 2.24) is 4.90 Å². The van der Waals surface area contributed by atoms with Crippen molar-refractivity contribution in [2.24, 2.45) is 5.92 Å². The summed E-state index contributed by atoms with van der Waals surface area (Å²) < 4.78 is 5.60. The first-order chi connectivity index (χ1) is 10.2. The molecule has 0 aliphatic carbocycles. The highest BCUT2D eigenvalue weighted by Crippen LogP contribution is 2.38. The number of hydrogen-bond acceptors (Lipinski definition) is 3. The summed E-state index contributed by atoms with van der Waals surface area (Å²) in [6.07, 6.45) is 2.04. The topological polar surface area (TPSA) is 66.8 Å². The smallest absolute Gasteiger partial charge is 0.309 e. The third-order valence-corrected chi connectivity index (χ3v) is 4.31. The molecule has 2 heterocycles. The Labute approximate surface area is 123 Å². The SMILES string of the molecule is O=C(O)[C@H]1CC(=O)N(C[C@@H]2CCCO2)[C@@H]1c1ccccc1. The van der Waals surface area contributed by atoms with E-state index < -0.39 is 11.9 Å². The van der Waals surface area contributed by atoms with Crippen molar-refractivity contribution < 1.29 is 19.4 Å². The van der Waals surface area contributed by atoms with E-state index in [0.29, 0.717) is 6.54 Å². The zero-order chi connectivity index (χ0) is 14.8. The Kier molecular flexibility index (Phi) is 3.92. The van der Waals surface area contributed by atoms with Crippen LogP contribution in [0.2, 0.25) is 0 Å². The zero-order valence-electron chi connectivity index (χ0n) is 11.8. The molecule has 2 aliphatic heterocycles. The summed E-state index contributed by atoms with van der Waals surface area (Å²) in [5.41, 5.74) is 0.883. The minimum absolute atomic E-state index is 0.0349. The summed E-state index contributed by atoms with van der Waals surface area (Å²) in [5, 5.41) is 9.43. The maximum absolute atomic E-state index is 12.3. The normalized spacial score (nSPS) is 29.0. The van der Waals surface area contributed by atoms with Gasteiger partial charge in [0.1, 0.15) is 0 Å². The standard InChI is InChI=1S/C16H19NO4/c18-14-9-13(16(19)20)15(11-5-2-1-3-6-11)17(14)10-12-7-4-8-21-12/h1-3,5-6,12-13,15H,4,7-10H2,(H,19,20)/t12-,13-,15+/m0/s1. The molecule has 0 bridgehead atoms. The number of carbonyl (C=O) groups is 2. The molecule has 3 rings (SSSR count). The van der Waals surface area contributed by atoms with E-state index in [1.165, 1.54) is 0 Å². The van der Waals surface area contributed by atoms with Crippen LogP contribution in [0.4, 0.5) is 0 Å². The molecule has 1 N–H and O–H groups in total. The van der Waals surface area contributed by atoms with Gasteiger partial charge in [-0.1, -0.05) is 30.3 Å². The number of aliphatic carboxylic acids is 1. The van der Waals surface area contributed by atoms with E-state index in [-0.39, 0.29) is 24.5 Å². The number of carboxylic acids is 1. The molecule has 2 aliphatic rings. The predicted octanol–water partition coefficient (Wildman–Crippen LogP) is 1.84. The van der Waals surface area contributed by atoms with E-state index >= 15 is 0 Å². The van der Waals surface area contributed by atoms with Crippen LogP contribution in [0, 0.1) is 5.92 Å². The number of carbonyl (C=O) groups excluding carboxylic acids is 1. The molecule has 3 atom stereocenters. The third-order valence-electron chi connectivity index (χ3n) is 4.31. The fraction of sp³-hybridized carbons (Fsp3) is 0.500. The maximum atomic E-state index is 12.3. The lowest BCUT2D eigenvalue weighted by atomic mass is 9.93. The molecule has 0 radical (unpaired) electrons. The Balaban J connectivity index is 1.87. The molecule has 1 aromatic rings. The van der Waals surface area contributed by atoms with Gasteiger partial charge in [0.05, 0.1) is 18.1 Å². The van der Waals surface area contributed by atoms with E-state index in [9.17, 15) is 14.7 Å². The lowest BCUT2D eigenvalue weighted by Crippen LogP contribution is -2.36. The van der Waals surface area contributed by atoms with E-state index in [2.05, 4.69) is 0 Å². The highest BCUT2D eigenvalue weighted by Gasteiger charge is 2.45. The lowest BCUT2D eigenvalue weighted by Gasteiger charge is -2.29. The molecule has 1 aromatic carbocycles. The molecule has 5 heteroatoms. The van der Waals surface area contributed by atoms with Gasteiger partial charge in [0, 0.05) is 19.6 Å². The first-order valence-corrected chi connectivity index (χ1v) is 7.35. The van der Waals surface area contributed by atoms with Crippen LogP contribution >= 0.6 is 0 Å². The molecular weight excluding hydrogens is 270 g/mol. The number of nitrogens with zero attached hydrogens (tertiary/aromatic N) is 1. The third kappa shape index (κ3) is 2.78. The molecular formula is C16H19NO4. The van der Waals surface area contributed by atoms with Gasteiger partial charge >= 0.3 is 5.97 Å². The van der Waals surface area contributed by atoms with E-state index in [4.69, 9.17) is 4.74 Å². The Hall–Kier alpha value is -1.88. The Morgan fingerprint density at radius 2 is 2.10 bits per heavy atom. The lowest BCUT2D eigenvalue weighted by molar-refractivity contribution is -0.142. The summed E-state index contributed by atoms with van der Waals surface area (Å²) in [7, 11) is 0. The van der Waals surface area contributed by atoms with Crippen molar-refractivity contribution in [3.05, 3.63) is 35.9 Å². The van der Waals surface area contributed by atoms with Crippen LogP contribution in [-0.4, -0.2) is 41.1 Å². The van der Waals surface area contributed by atoms with Gasteiger partial charge in [-0.25, -0.2) is 0 Å². The van der Waals surface area contributed by atoms with Crippen LogP contribution in [0.25, 0.3) is 0 Å². The molecule has 5 nitrogen and oxygen atoms in total. The average molecular weight is 289 g/mol. The van der Waals surface area contributed by atoms with Crippen LogP contribution in [0.5, 0.6) is 0 Å². The Morgan fingerprint density at radius 1 is 1.33 bits per heavy atom. The fourth-order valence-corrected chi connectivity index (χ4v) is 3.30. The van der Waals surface area contributed by atoms with E-state index in [1.54, 1.807) is 4.90 Å². The number of likely N-dealkylation sites (tertiary alicyclic amines) is 1. The van der Waals surface area contributed by atoms with Crippen molar-refractivity contribution in [3.8, 4) is 0 Å². The Morgan fingerprint density at radius 3 is 2.71 bits per heavy atom. The van der Waals surface area contributed by atoms with Crippen molar-refractivity contribution in [1.29, 1.82) is 0 Å².